The molecule has 0 bridgehead atoms. The van der Waals surface area contributed by atoms with E-state index in [1.54, 1.807) is 0 Å². The first kappa shape index (κ1) is 13.6. The fraction of sp³-hybridized carbons (Fsp3) is 0.875. The third-order valence-electron chi connectivity index (χ3n) is 2.54. The molecule has 0 aromatic rings. The number of halogens is 3. The normalized spacial score (nSPS) is 30.3. The topological polar surface area (TPSA) is 38.3 Å². The SMILES string of the molecule is COC(=O)[C@]1(C)CNCCC1(F)F.Cl. The van der Waals surface area contributed by atoms with Crippen LogP contribution in [0.2, 0.25) is 0 Å². The van der Waals surface area contributed by atoms with Crippen LogP contribution in [-0.2, 0) is 9.53 Å². The van der Waals surface area contributed by atoms with Crippen molar-refractivity contribution in [2.75, 3.05) is 20.2 Å². The van der Waals surface area contributed by atoms with Gasteiger partial charge in [0.2, 0.25) is 0 Å². The predicted molar refractivity (Wildman–Crippen MR) is 49.8 cm³/mol. The molecule has 0 aromatic heterocycles. The van der Waals surface area contributed by atoms with E-state index in [0.29, 0.717) is 0 Å². The largest absolute Gasteiger partial charge is 0.468 e. The molecule has 0 saturated carbocycles. The third-order valence-corrected chi connectivity index (χ3v) is 2.54. The number of methoxy groups -OCH3 is 1. The van der Waals surface area contributed by atoms with E-state index in [2.05, 4.69) is 10.1 Å². The molecule has 0 unspecified atom stereocenters. The number of rotatable bonds is 1. The highest BCUT2D eigenvalue weighted by molar-refractivity contribution is 5.85. The van der Waals surface area contributed by atoms with Crippen molar-refractivity contribution in [3.8, 4) is 0 Å². The van der Waals surface area contributed by atoms with Crippen molar-refractivity contribution < 1.29 is 18.3 Å². The van der Waals surface area contributed by atoms with E-state index in [0.717, 1.165) is 7.11 Å². The summed E-state index contributed by atoms with van der Waals surface area (Å²) in [7, 11) is 1.12. The molecule has 1 N–H and O–H groups in total. The summed E-state index contributed by atoms with van der Waals surface area (Å²) in [6, 6.07) is 0. The molecule has 0 radical (unpaired) electrons. The van der Waals surface area contributed by atoms with E-state index in [-0.39, 0.29) is 31.9 Å². The maximum Gasteiger partial charge on any atom is 0.318 e. The van der Waals surface area contributed by atoms with Crippen LogP contribution in [0.4, 0.5) is 8.78 Å². The highest BCUT2D eigenvalue weighted by Gasteiger charge is 2.57. The minimum absolute atomic E-state index is 0. The number of esters is 1. The van der Waals surface area contributed by atoms with Crippen LogP contribution in [0, 0.1) is 5.41 Å². The van der Waals surface area contributed by atoms with Gasteiger partial charge in [-0.25, -0.2) is 8.78 Å². The van der Waals surface area contributed by atoms with Gasteiger partial charge in [0, 0.05) is 19.5 Å². The van der Waals surface area contributed by atoms with Crippen LogP contribution >= 0.6 is 12.4 Å². The predicted octanol–water partition coefficient (Wildman–Crippen LogP) is 1.22. The minimum atomic E-state index is -2.98. The van der Waals surface area contributed by atoms with Gasteiger partial charge in [0.25, 0.3) is 5.92 Å². The Hall–Kier alpha value is -0.420. The van der Waals surface area contributed by atoms with Crippen molar-refractivity contribution in [1.82, 2.24) is 5.32 Å². The molecular weight excluding hydrogens is 216 g/mol. The maximum atomic E-state index is 13.3. The molecule has 1 aliphatic heterocycles. The zero-order valence-corrected chi connectivity index (χ0v) is 8.92. The molecule has 0 aliphatic carbocycles. The Bertz CT molecular complexity index is 225. The Morgan fingerprint density at radius 3 is 2.50 bits per heavy atom. The summed E-state index contributed by atoms with van der Waals surface area (Å²) in [5.74, 6) is -3.84. The lowest BCUT2D eigenvalue weighted by Crippen LogP contribution is -2.57. The van der Waals surface area contributed by atoms with Crippen LogP contribution in [0.15, 0.2) is 0 Å². The van der Waals surface area contributed by atoms with Gasteiger partial charge in [-0.2, -0.15) is 0 Å². The number of carbonyl (C=O) groups excluding carboxylic acids is 1. The van der Waals surface area contributed by atoms with E-state index in [1.165, 1.54) is 6.92 Å². The molecule has 1 heterocycles. The van der Waals surface area contributed by atoms with Gasteiger partial charge >= 0.3 is 5.97 Å². The van der Waals surface area contributed by atoms with Crippen LogP contribution in [0.3, 0.4) is 0 Å². The van der Waals surface area contributed by atoms with Crippen molar-refractivity contribution in [3.05, 3.63) is 0 Å². The summed E-state index contributed by atoms with van der Waals surface area (Å²) in [5.41, 5.74) is -1.72. The van der Waals surface area contributed by atoms with Crippen LogP contribution < -0.4 is 5.32 Å². The first-order valence-electron chi connectivity index (χ1n) is 4.11. The first-order chi connectivity index (χ1) is 5.94. The molecule has 1 aliphatic rings. The van der Waals surface area contributed by atoms with Crippen LogP contribution in [0.5, 0.6) is 0 Å². The van der Waals surface area contributed by atoms with Crippen molar-refractivity contribution in [1.29, 1.82) is 0 Å². The molecule has 0 aromatic carbocycles. The minimum Gasteiger partial charge on any atom is -0.468 e. The summed E-state index contributed by atoms with van der Waals surface area (Å²) in [5, 5.41) is 2.77. The van der Waals surface area contributed by atoms with Crippen LogP contribution in [0.25, 0.3) is 0 Å². The Morgan fingerprint density at radius 2 is 2.07 bits per heavy atom. The van der Waals surface area contributed by atoms with Gasteiger partial charge in [-0.1, -0.05) is 0 Å². The molecule has 1 saturated heterocycles. The molecule has 0 spiro atoms. The highest BCUT2D eigenvalue weighted by Crippen LogP contribution is 2.41. The molecule has 14 heavy (non-hydrogen) atoms. The van der Waals surface area contributed by atoms with Crippen molar-refractivity contribution in [3.63, 3.8) is 0 Å². The number of piperidine rings is 1. The van der Waals surface area contributed by atoms with Gasteiger partial charge in [0.1, 0.15) is 5.41 Å². The summed E-state index contributed by atoms with van der Waals surface area (Å²) < 4.78 is 31.1. The number of hydrogen-bond donors (Lipinski definition) is 1. The molecule has 84 valence electrons. The number of carbonyl (C=O) groups is 1. The smallest absolute Gasteiger partial charge is 0.318 e. The van der Waals surface area contributed by atoms with Gasteiger partial charge in [-0.05, 0) is 6.92 Å². The second-order valence-corrected chi connectivity index (χ2v) is 3.45. The fourth-order valence-electron chi connectivity index (χ4n) is 1.44. The first-order valence-corrected chi connectivity index (χ1v) is 4.11. The molecule has 1 rings (SSSR count). The van der Waals surface area contributed by atoms with Crippen LogP contribution in [-0.4, -0.2) is 32.1 Å². The Labute approximate surface area is 87.6 Å². The third kappa shape index (κ3) is 1.98. The van der Waals surface area contributed by atoms with E-state index >= 15 is 0 Å². The van der Waals surface area contributed by atoms with E-state index < -0.39 is 17.3 Å². The van der Waals surface area contributed by atoms with Gasteiger partial charge in [-0.15, -0.1) is 12.4 Å². The Balaban J connectivity index is 0.00000169. The number of alkyl halides is 2. The maximum absolute atomic E-state index is 13.3. The number of ether oxygens (including phenoxy) is 1. The number of nitrogens with one attached hydrogen (secondary N) is 1. The molecule has 1 atom stereocenters. The van der Waals surface area contributed by atoms with E-state index in [4.69, 9.17) is 0 Å². The average Bonchev–Trinajstić information content (AvgIpc) is 2.08. The molecule has 0 amide bonds. The van der Waals surface area contributed by atoms with Gasteiger partial charge in [0.15, 0.2) is 0 Å². The summed E-state index contributed by atoms with van der Waals surface area (Å²) in [6.45, 7) is 1.43. The van der Waals surface area contributed by atoms with Crippen LogP contribution in [0.1, 0.15) is 13.3 Å². The quantitative estimate of drug-likeness (QED) is 0.687. The lowest BCUT2D eigenvalue weighted by atomic mass is 9.79. The fourth-order valence-corrected chi connectivity index (χ4v) is 1.44. The average molecular weight is 230 g/mol. The number of hydrogen-bond acceptors (Lipinski definition) is 3. The van der Waals surface area contributed by atoms with Gasteiger partial charge < -0.3 is 10.1 Å². The lowest BCUT2D eigenvalue weighted by molar-refractivity contribution is -0.185. The summed E-state index contributed by atoms with van der Waals surface area (Å²) in [4.78, 5) is 11.2. The molecule has 6 heteroatoms. The van der Waals surface area contributed by atoms with Crippen molar-refractivity contribution in [2.24, 2.45) is 5.41 Å². The van der Waals surface area contributed by atoms with Crippen molar-refractivity contribution in [2.45, 2.75) is 19.3 Å². The van der Waals surface area contributed by atoms with E-state index in [9.17, 15) is 13.6 Å². The second-order valence-electron chi connectivity index (χ2n) is 3.45. The zero-order chi connectivity index (χ0) is 10.1. The standard InChI is InChI=1S/C8H13F2NO2.ClH/c1-7(6(12)13-2)5-11-4-3-8(7,9)10;/h11H,3-5H2,1-2H3;1H/t7-;/m0./s1. The van der Waals surface area contributed by atoms with Crippen molar-refractivity contribution >= 4 is 18.4 Å². The lowest BCUT2D eigenvalue weighted by Gasteiger charge is -2.38. The molecule has 3 nitrogen and oxygen atoms in total. The molecular formula is C8H14ClF2NO2. The van der Waals surface area contributed by atoms with E-state index in [1.807, 2.05) is 0 Å². The second kappa shape index (κ2) is 4.40. The Morgan fingerprint density at radius 1 is 1.50 bits per heavy atom. The zero-order valence-electron chi connectivity index (χ0n) is 8.10. The Kier molecular flexibility index (Phi) is 4.27. The van der Waals surface area contributed by atoms with Gasteiger partial charge in [-0.3, -0.25) is 4.79 Å². The highest BCUT2D eigenvalue weighted by atomic mass is 35.5. The summed E-state index contributed by atoms with van der Waals surface area (Å²) in [6.07, 6.45) is -0.321. The monoisotopic (exact) mass is 229 g/mol. The summed E-state index contributed by atoms with van der Waals surface area (Å²) >= 11 is 0. The van der Waals surface area contributed by atoms with Gasteiger partial charge in [0.05, 0.1) is 7.11 Å². The molecule has 1 fully saturated rings.